The van der Waals surface area contributed by atoms with Crippen molar-refractivity contribution < 1.29 is 0 Å². The molecule has 0 unspecified atom stereocenters. The number of aryl methyl sites for hydroxylation is 1. The van der Waals surface area contributed by atoms with Gasteiger partial charge in [-0.2, -0.15) is 0 Å². The Morgan fingerprint density at radius 3 is 3.00 bits per heavy atom. The summed E-state index contributed by atoms with van der Waals surface area (Å²) in [6, 6.07) is 5.77. The Bertz CT molecular complexity index is 468. The third-order valence-corrected chi connectivity index (χ3v) is 3.17. The van der Waals surface area contributed by atoms with Gasteiger partial charge in [0, 0.05) is 16.1 Å². The van der Waals surface area contributed by atoms with Crippen molar-refractivity contribution >= 4 is 38.4 Å². The van der Waals surface area contributed by atoms with Crippen LogP contribution in [0.1, 0.15) is 5.56 Å². The van der Waals surface area contributed by atoms with Crippen LogP contribution in [0.3, 0.4) is 0 Å². The molecular formula is C10H7BrClN. The summed E-state index contributed by atoms with van der Waals surface area (Å²) in [6.07, 6.45) is 1.78. The molecule has 1 aromatic heterocycles. The Morgan fingerprint density at radius 1 is 1.46 bits per heavy atom. The van der Waals surface area contributed by atoms with E-state index in [4.69, 9.17) is 11.6 Å². The van der Waals surface area contributed by atoms with Gasteiger partial charge in [-0.1, -0.05) is 27.5 Å². The number of benzene rings is 1. The second-order valence-corrected chi connectivity index (χ2v) is 4.13. The molecule has 1 aromatic carbocycles. The van der Waals surface area contributed by atoms with Crippen LogP contribution in [-0.4, -0.2) is 4.98 Å². The van der Waals surface area contributed by atoms with Crippen molar-refractivity contribution in [2.45, 2.75) is 6.92 Å². The predicted molar refractivity (Wildman–Crippen MR) is 59.2 cm³/mol. The maximum Gasteiger partial charge on any atom is 0.0757 e. The maximum atomic E-state index is 6.06. The van der Waals surface area contributed by atoms with Crippen molar-refractivity contribution in [2.75, 3.05) is 0 Å². The highest BCUT2D eigenvalue weighted by Gasteiger charge is 2.05. The minimum Gasteiger partial charge on any atom is -0.256 e. The third kappa shape index (κ3) is 1.45. The van der Waals surface area contributed by atoms with Gasteiger partial charge in [-0.3, -0.25) is 4.98 Å². The average Bonchev–Trinajstić information content (AvgIpc) is 2.15. The Labute approximate surface area is 89.9 Å². The number of halogens is 2. The summed E-state index contributed by atoms with van der Waals surface area (Å²) in [4.78, 5) is 4.29. The van der Waals surface area contributed by atoms with Crippen LogP contribution in [0.4, 0.5) is 0 Å². The number of fused-ring (bicyclic) bond motifs is 1. The van der Waals surface area contributed by atoms with Gasteiger partial charge in [-0.05, 0) is 30.7 Å². The maximum absolute atomic E-state index is 6.06. The molecule has 0 aliphatic heterocycles. The smallest absolute Gasteiger partial charge is 0.0757 e. The van der Waals surface area contributed by atoms with Crippen LogP contribution >= 0.6 is 27.5 Å². The van der Waals surface area contributed by atoms with Gasteiger partial charge >= 0.3 is 0 Å². The van der Waals surface area contributed by atoms with E-state index in [1.54, 1.807) is 6.20 Å². The molecule has 0 atom stereocenters. The zero-order valence-electron chi connectivity index (χ0n) is 7.01. The summed E-state index contributed by atoms with van der Waals surface area (Å²) in [5.41, 5.74) is 2.09. The molecular weight excluding hydrogens is 249 g/mol. The van der Waals surface area contributed by atoms with Crippen LogP contribution in [-0.2, 0) is 0 Å². The summed E-state index contributed by atoms with van der Waals surface area (Å²) in [5.74, 6) is 0. The molecule has 1 nitrogen and oxygen atoms in total. The van der Waals surface area contributed by atoms with E-state index in [2.05, 4.69) is 20.9 Å². The number of aromatic nitrogens is 1. The van der Waals surface area contributed by atoms with E-state index in [9.17, 15) is 0 Å². The predicted octanol–water partition coefficient (Wildman–Crippen LogP) is 3.96. The van der Waals surface area contributed by atoms with Gasteiger partial charge in [-0.25, -0.2) is 0 Å². The lowest BCUT2D eigenvalue weighted by Crippen LogP contribution is -1.85. The second-order valence-electron chi connectivity index (χ2n) is 2.86. The fourth-order valence-corrected chi connectivity index (χ4v) is 2.12. The molecule has 0 saturated heterocycles. The van der Waals surface area contributed by atoms with Gasteiger partial charge < -0.3 is 0 Å². The fourth-order valence-electron chi connectivity index (χ4n) is 1.31. The van der Waals surface area contributed by atoms with Crippen molar-refractivity contribution in [3.63, 3.8) is 0 Å². The topological polar surface area (TPSA) is 12.9 Å². The summed E-state index contributed by atoms with van der Waals surface area (Å²) >= 11 is 9.51. The van der Waals surface area contributed by atoms with Crippen LogP contribution in [0.15, 0.2) is 28.9 Å². The molecule has 0 fully saturated rings. The van der Waals surface area contributed by atoms with Crippen LogP contribution in [0.2, 0.25) is 5.02 Å². The molecule has 0 aliphatic carbocycles. The SMILES string of the molecule is Cc1c(Br)cc(Cl)c2cccnc12. The van der Waals surface area contributed by atoms with Gasteiger partial charge in [0.1, 0.15) is 0 Å². The zero-order valence-corrected chi connectivity index (χ0v) is 9.35. The Hall–Kier alpha value is -0.600. The fraction of sp³-hybridized carbons (Fsp3) is 0.100. The van der Waals surface area contributed by atoms with E-state index in [0.717, 1.165) is 26.0 Å². The number of nitrogens with zero attached hydrogens (tertiary/aromatic N) is 1. The molecule has 0 N–H and O–H groups in total. The highest BCUT2D eigenvalue weighted by molar-refractivity contribution is 9.10. The first-order valence-corrected chi connectivity index (χ1v) is 5.06. The molecule has 2 rings (SSSR count). The number of hydrogen-bond acceptors (Lipinski definition) is 1. The van der Waals surface area contributed by atoms with Gasteiger partial charge in [0.2, 0.25) is 0 Å². The van der Waals surface area contributed by atoms with Crippen molar-refractivity contribution in [1.29, 1.82) is 0 Å². The van der Waals surface area contributed by atoms with E-state index >= 15 is 0 Å². The number of hydrogen-bond donors (Lipinski definition) is 0. The minimum absolute atomic E-state index is 0.737. The summed E-state index contributed by atoms with van der Waals surface area (Å²) in [5, 5.41) is 1.74. The molecule has 1 heterocycles. The molecule has 0 bridgehead atoms. The minimum atomic E-state index is 0.737. The third-order valence-electron chi connectivity index (χ3n) is 2.03. The van der Waals surface area contributed by atoms with Gasteiger partial charge in [0.25, 0.3) is 0 Å². The molecule has 0 aliphatic rings. The Morgan fingerprint density at radius 2 is 2.23 bits per heavy atom. The lowest BCUT2D eigenvalue weighted by atomic mass is 10.1. The zero-order chi connectivity index (χ0) is 9.42. The molecule has 0 radical (unpaired) electrons. The highest BCUT2D eigenvalue weighted by Crippen LogP contribution is 2.30. The van der Waals surface area contributed by atoms with Crippen molar-refractivity contribution in [3.05, 3.63) is 39.5 Å². The largest absolute Gasteiger partial charge is 0.256 e. The normalized spacial score (nSPS) is 10.7. The number of pyridine rings is 1. The van der Waals surface area contributed by atoms with E-state index in [1.165, 1.54) is 0 Å². The monoisotopic (exact) mass is 255 g/mol. The van der Waals surface area contributed by atoms with Crippen molar-refractivity contribution in [1.82, 2.24) is 4.98 Å². The van der Waals surface area contributed by atoms with E-state index in [0.29, 0.717) is 0 Å². The number of rotatable bonds is 0. The average molecular weight is 257 g/mol. The summed E-state index contributed by atoms with van der Waals surface area (Å²) in [6.45, 7) is 2.02. The molecule has 66 valence electrons. The van der Waals surface area contributed by atoms with E-state index in [1.807, 2.05) is 25.1 Å². The lowest BCUT2D eigenvalue weighted by molar-refractivity contribution is 1.35. The first-order chi connectivity index (χ1) is 6.20. The van der Waals surface area contributed by atoms with Crippen LogP contribution < -0.4 is 0 Å². The molecule has 2 aromatic rings. The van der Waals surface area contributed by atoms with Crippen molar-refractivity contribution in [3.8, 4) is 0 Å². The molecule has 0 saturated carbocycles. The van der Waals surface area contributed by atoms with Crippen LogP contribution in [0.25, 0.3) is 10.9 Å². The summed E-state index contributed by atoms with van der Waals surface area (Å²) < 4.78 is 1.00. The summed E-state index contributed by atoms with van der Waals surface area (Å²) in [7, 11) is 0. The lowest BCUT2D eigenvalue weighted by Gasteiger charge is -2.04. The van der Waals surface area contributed by atoms with Gasteiger partial charge in [-0.15, -0.1) is 0 Å². The van der Waals surface area contributed by atoms with Gasteiger partial charge in [0.15, 0.2) is 0 Å². The van der Waals surface area contributed by atoms with Crippen LogP contribution in [0.5, 0.6) is 0 Å². The second kappa shape index (κ2) is 3.28. The Kier molecular flexibility index (Phi) is 2.26. The molecule has 0 spiro atoms. The molecule has 0 amide bonds. The molecule has 13 heavy (non-hydrogen) atoms. The Balaban J connectivity index is 2.97. The first-order valence-electron chi connectivity index (χ1n) is 3.89. The van der Waals surface area contributed by atoms with Gasteiger partial charge in [0.05, 0.1) is 10.5 Å². The highest BCUT2D eigenvalue weighted by atomic mass is 79.9. The standard InChI is InChI=1S/C10H7BrClN/c1-6-8(11)5-9(12)7-3-2-4-13-10(6)7/h2-5H,1H3. The van der Waals surface area contributed by atoms with Crippen molar-refractivity contribution in [2.24, 2.45) is 0 Å². The molecule has 3 heteroatoms. The van der Waals surface area contributed by atoms with E-state index in [-0.39, 0.29) is 0 Å². The van der Waals surface area contributed by atoms with Crippen LogP contribution in [0, 0.1) is 6.92 Å². The van der Waals surface area contributed by atoms with E-state index < -0.39 is 0 Å². The first kappa shape index (κ1) is 8.97. The quantitative estimate of drug-likeness (QED) is 0.695.